The minimum Gasteiger partial charge on any atom is -0.465 e. The highest BCUT2D eigenvalue weighted by Gasteiger charge is 2.80. The van der Waals surface area contributed by atoms with E-state index in [2.05, 4.69) is 13.2 Å². The molecule has 3 aliphatic heterocycles. The number of aliphatic hydroxyl groups excluding tert-OH is 1. The maximum absolute atomic E-state index is 14.2. The van der Waals surface area contributed by atoms with Crippen LogP contribution in [0.15, 0.2) is 25.3 Å². The van der Waals surface area contributed by atoms with Crippen LogP contribution in [0, 0.1) is 23.7 Å². The van der Waals surface area contributed by atoms with E-state index in [1.807, 2.05) is 41.5 Å². The summed E-state index contributed by atoms with van der Waals surface area (Å²) in [7, 11) is 0. The van der Waals surface area contributed by atoms with Crippen molar-refractivity contribution in [1.82, 2.24) is 9.80 Å². The summed E-state index contributed by atoms with van der Waals surface area (Å²) in [5, 5.41) is 10.3. The largest absolute Gasteiger partial charge is 0.465 e. The topological polar surface area (TPSA) is 96.4 Å². The van der Waals surface area contributed by atoms with Gasteiger partial charge >= 0.3 is 5.97 Å². The Labute approximate surface area is 209 Å². The summed E-state index contributed by atoms with van der Waals surface area (Å²) in [6.45, 7) is 19.2. The van der Waals surface area contributed by atoms with Crippen LogP contribution in [-0.4, -0.2) is 81.8 Å². The van der Waals surface area contributed by atoms with Crippen molar-refractivity contribution in [3.8, 4) is 0 Å². The first-order valence-corrected chi connectivity index (χ1v) is 12.7. The van der Waals surface area contributed by atoms with Crippen molar-refractivity contribution in [3.63, 3.8) is 0 Å². The number of likely N-dealkylation sites (tertiary alicyclic amines) is 1. The summed E-state index contributed by atoms with van der Waals surface area (Å²) in [5.74, 6) is -2.90. The molecule has 8 heteroatoms. The molecule has 0 aromatic carbocycles. The number of carbonyl (C=O) groups excluding carboxylic acids is 3. The van der Waals surface area contributed by atoms with Crippen LogP contribution >= 0.6 is 0 Å². The summed E-state index contributed by atoms with van der Waals surface area (Å²) in [5.41, 5.74) is -2.09. The molecule has 0 aliphatic carbocycles. The van der Waals surface area contributed by atoms with Crippen molar-refractivity contribution < 1.29 is 29.0 Å². The second-order valence-corrected chi connectivity index (χ2v) is 11.1. The maximum atomic E-state index is 14.2. The van der Waals surface area contributed by atoms with Crippen LogP contribution in [0.5, 0.6) is 0 Å². The molecule has 3 heterocycles. The number of amides is 2. The highest BCUT2D eigenvalue weighted by molar-refractivity contribution is 5.99. The number of hydrogen-bond donors (Lipinski definition) is 1. The van der Waals surface area contributed by atoms with E-state index >= 15 is 0 Å². The van der Waals surface area contributed by atoms with Gasteiger partial charge in [-0.2, -0.15) is 0 Å². The molecule has 3 saturated heterocycles. The molecule has 1 spiro atoms. The van der Waals surface area contributed by atoms with Crippen LogP contribution in [0.4, 0.5) is 0 Å². The van der Waals surface area contributed by atoms with E-state index in [4.69, 9.17) is 9.47 Å². The smallest absolute Gasteiger partial charge is 0.312 e. The molecular weight excluding hydrogens is 448 g/mol. The van der Waals surface area contributed by atoms with E-state index in [-0.39, 0.29) is 42.9 Å². The van der Waals surface area contributed by atoms with Gasteiger partial charge in [0.2, 0.25) is 11.8 Å². The van der Waals surface area contributed by atoms with Gasteiger partial charge in [0.15, 0.2) is 0 Å². The van der Waals surface area contributed by atoms with Crippen LogP contribution in [0.2, 0.25) is 0 Å². The molecule has 1 N–H and O–H groups in total. The number of fused-ring (bicyclic) bond motifs is 1. The van der Waals surface area contributed by atoms with E-state index in [0.29, 0.717) is 19.4 Å². The highest BCUT2D eigenvalue weighted by atomic mass is 16.6. The quantitative estimate of drug-likeness (QED) is 0.272. The summed E-state index contributed by atoms with van der Waals surface area (Å²) >= 11 is 0. The van der Waals surface area contributed by atoms with Crippen LogP contribution in [0.1, 0.15) is 54.4 Å². The first-order chi connectivity index (χ1) is 16.4. The fourth-order valence-corrected chi connectivity index (χ4v) is 6.48. The summed E-state index contributed by atoms with van der Waals surface area (Å²) in [4.78, 5) is 44.9. The van der Waals surface area contributed by atoms with E-state index in [0.717, 1.165) is 0 Å². The third-order valence-electron chi connectivity index (χ3n) is 8.35. The normalized spacial score (nSPS) is 34.3. The monoisotopic (exact) mass is 490 g/mol. The van der Waals surface area contributed by atoms with Crippen molar-refractivity contribution in [3.05, 3.63) is 25.3 Å². The highest BCUT2D eigenvalue weighted by Crippen LogP contribution is 2.65. The molecule has 2 bridgehead atoms. The van der Waals surface area contributed by atoms with Gasteiger partial charge in [0.25, 0.3) is 0 Å². The van der Waals surface area contributed by atoms with Gasteiger partial charge in [0.1, 0.15) is 17.6 Å². The zero-order valence-corrected chi connectivity index (χ0v) is 22.0. The van der Waals surface area contributed by atoms with Crippen molar-refractivity contribution in [2.45, 2.75) is 83.7 Å². The first-order valence-electron chi connectivity index (χ1n) is 12.7. The molecule has 3 aliphatic rings. The predicted molar refractivity (Wildman–Crippen MR) is 132 cm³/mol. The van der Waals surface area contributed by atoms with Crippen molar-refractivity contribution in [1.29, 1.82) is 0 Å². The van der Waals surface area contributed by atoms with Gasteiger partial charge in [-0.3, -0.25) is 14.4 Å². The first kappa shape index (κ1) is 27.4. The van der Waals surface area contributed by atoms with Crippen molar-refractivity contribution in [2.75, 3.05) is 19.8 Å². The minimum atomic E-state index is -1.17. The molecule has 0 aromatic heterocycles. The van der Waals surface area contributed by atoms with Gasteiger partial charge in [-0.1, -0.05) is 32.9 Å². The molecule has 3 rings (SSSR count). The number of hydrogen-bond acceptors (Lipinski definition) is 6. The van der Waals surface area contributed by atoms with E-state index in [1.54, 1.807) is 17.1 Å². The number of rotatable bonds is 11. The Balaban J connectivity index is 2.15. The fraction of sp³-hybridized carbons (Fsp3) is 0.741. The second kappa shape index (κ2) is 10.1. The Morgan fingerprint density at radius 1 is 1.29 bits per heavy atom. The Bertz CT molecular complexity index is 872. The number of esters is 1. The van der Waals surface area contributed by atoms with Crippen molar-refractivity contribution in [2.24, 2.45) is 23.7 Å². The van der Waals surface area contributed by atoms with Crippen molar-refractivity contribution >= 4 is 17.8 Å². The lowest BCUT2D eigenvalue weighted by Gasteiger charge is -2.41. The molecule has 0 saturated carbocycles. The average molecular weight is 491 g/mol. The lowest BCUT2D eigenvalue weighted by Crippen LogP contribution is -2.60. The molecule has 2 amide bonds. The summed E-state index contributed by atoms with van der Waals surface area (Å²) < 4.78 is 12.3. The van der Waals surface area contributed by atoms with Gasteiger partial charge in [0, 0.05) is 12.6 Å². The third-order valence-corrected chi connectivity index (χ3v) is 8.35. The van der Waals surface area contributed by atoms with Gasteiger partial charge in [0.05, 0.1) is 30.8 Å². The lowest BCUT2D eigenvalue weighted by atomic mass is 9.62. The number of carbonyl (C=O) groups is 3. The van der Waals surface area contributed by atoms with Crippen LogP contribution in [0.25, 0.3) is 0 Å². The Kier molecular flexibility index (Phi) is 7.87. The maximum Gasteiger partial charge on any atom is 0.312 e. The number of ether oxygens (including phenoxy) is 2. The van der Waals surface area contributed by atoms with Gasteiger partial charge in [-0.25, -0.2) is 0 Å². The Morgan fingerprint density at radius 2 is 1.94 bits per heavy atom. The molecule has 0 radical (unpaired) electrons. The van der Waals surface area contributed by atoms with E-state index in [9.17, 15) is 19.5 Å². The van der Waals surface area contributed by atoms with Crippen LogP contribution in [0.3, 0.4) is 0 Å². The molecule has 3 unspecified atom stereocenters. The van der Waals surface area contributed by atoms with Gasteiger partial charge in [-0.05, 0) is 45.4 Å². The van der Waals surface area contributed by atoms with Crippen LogP contribution in [-0.2, 0) is 23.9 Å². The average Bonchev–Trinajstić information content (AvgIpc) is 3.29. The molecule has 0 aromatic rings. The molecule has 7 atom stereocenters. The zero-order chi connectivity index (χ0) is 26.3. The van der Waals surface area contributed by atoms with Gasteiger partial charge < -0.3 is 24.4 Å². The zero-order valence-electron chi connectivity index (χ0n) is 22.0. The summed E-state index contributed by atoms with van der Waals surface area (Å²) in [6.07, 6.45) is 4.31. The van der Waals surface area contributed by atoms with Gasteiger partial charge in [-0.15, -0.1) is 13.2 Å². The fourth-order valence-electron chi connectivity index (χ4n) is 6.48. The second-order valence-electron chi connectivity index (χ2n) is 11.1. The van der Waals surface area contributed by atoms with E-state index in [1.165, 1.54) is 4.90 Å². The molecule has 3 fully saturated rings. The summed E-state index contributed by atoms with van der Waals surface area (Å²) in [6, 6.07) is -1.67. The third kappa shape index (κ3) is 4.12. The van der Waals surface area contributed by atoms with Crippen LogP contribution < -0.4 is 0 Å². The Hall–Kier alpha value is -2.19. The lowest BCUT2D eigenvalue weighted by molar-refractivity contribution is -0.164. The Morgan fingerprint density at radius 3 is 2.46 bits per heavy atom. The standard InChI is InChI=1S/C27H42N2O6/c1-9-11-13-34-25(33)21-20-23(31)29(19(15-30)16(3)4)22(24(32)28(12-10-2)17(5)6)27(20)14-18(7)26(21,8)35-27/h9-10,16-22,30H,1-2,11-15H2,3-8H3/t18?,19-,20-,21-,22?,26+,27?/m0/s1. The SMILES string of the molecule is C=CCCOC(=O)[C@@H]1[C@H]2C(=O)N([C@@H](CO)C(C)C)C(C(=O)N(CC=C)C(C)C)C23CC(C)[C@@]1(C)O3. The van der Waals surface area contributed by atoms with E-state index < -0.39 is 41.1 Å². The number of aliphatic hydroxyl groups is 1. The predicted octanol–water partition coefficient (Wildman–Crippen LogP) is 2.56. The minimum absolute atomic E-state index is 0.0720. The number of nitrogens with zero attached hydrogens (tertiary/aromatic N) is 2. The molecular formula is C27H42N2O6. The molecule has 35 heavy (non-hydrogen) atoms. The molecule has 8 nitrogen and oxygen atoms in total. The molecule has 196 valence electrons.